The summed E-state index contributed by atoms with van der Waals surface area (Å²) in [4.78, 5) is 0. The smallest absolute Gasteiger partial charge is 0.175 e. The quantitative estimate of drug-likeness (QED) is 0.868. The van der Waals surface area contributed by atoms with E-state index in [2.05, 4.69) is 34.1 Å². The lowest BCUT2D eigenvalue weighted by atomic mass is 10.1. The van der Waals surface area contributed by atoms with Crippen LogP contribution in [-0.4, -0.2) is 19.3 Å². The minimum atomic E-state index is 0.108. The van der Waals surface area contributed by atoms with Crippen molar-refractivity contribution in [1.82, 2.24) is 5.32 Å². The van der Waals surface area contributed by atoms with Crippen LogP contribution in [-0.2, 0) is 6.54 Å². The fraction of sp³-hybridized carbons (Fsp3) is 0.429. The number of terminal acetylenes is 1. The number of rotatable bonds is 4. The van der Waals surface area contributed by atoms with Gasteiger partial charge >= 0.3 is 0 Å². The van der Waals surface area contributed by atoms with E-state index in [1.54, 1.807) is 0 Å². The van der Waals surface area contributed by atoms with Crippen LogP contribution in [0, 0.1) is 12.3 Å². The highest BCUT2D eigenvalue weighted by atomic mass is 79.9. The molecule has 3 nitrogen and oxygen atoms in total. The fourth-order valence-electron chi connectivity index (χ4n) is 1.83. The Labute approximate surface area is 116 Å². The zero-order valence-electron chi connectivity index (χ0n) is 10.3. The lowest BCUT2D eigenvalue weighted by molar-refractivity contribution is 0.170. The van der Waals surface area contributed by atoms with Crippen molar-refractivity contribution in [1.29, 1.82) is 0 Å². The number of nitrogens with one attached hydrogen (secondary N) is 1. The number of halogens is 1. The molecule has 1 heterocycles. The first-order valence-electron chi connectivity index (χ1n) is 6.02. The van der Waals surface area contributed by atoms with Gasteiger partial charge in [-0.1, -0.05) is 12.8 Å². The molecule has 18 heavy (non-hydrogen) atoms. The van der Waals surface area contributed by atoms with Gasteiger partial charge in [0.05, 0.1) is 10.5 Å². The van der Waals surface area contributed by atoms with E-state index in [0.717, 1.165) is 34.5 Å². The molecule has 0 radical (unpaired) electrons. The van der Waals surface area contributed by atoms with Gasteiger partial charge in [-0.25, -0.2) is 0 Å². The molecule has 96 valence electrons. The van der Waals surface area contributed by atoms with E-state index in [-0.39, 0.29) is 6.04 Å². The molecule has 1 atom stereocenters. The molecule has 0 bridgehead atoms. The minimum absolute atomic E-state index is 0.108. The average molecular weight is 310 g/mol. The summed E-state index contributed by atoms with van der Waals surface area (Å²) >= 11 is 3.50. The molecule has 0 aliphatic carbocycles. The van der Waals surface area contributed by atoms with Crippen molar-refractivity contribution in [3.05, 3.63) is 22.2 Å². The van der Waals surface area contributed by atoms with Gasteiger partial charge in [0, 0.05) is 6.54 Å². The van der Waals surface area contributed by atoms with Crippen molar-refractivity contribution in [3.8, 4) is 23.8 Å². The van der Waals surface area contributed by atoms with Crippen LogP contribution >= 0.6 is 15.9 Å². The molecular formula is C14H16BrNO2. The topological polar surface area (TPSA) is 30.5 Å². The molecule has 0 aromatic heterocycles. The highest BCUT2D eigenvalue weighted by Crippen LogP contribution is 2.38. The normalized spacial score (nSPS) is 14.9. The van der Waals surface area contributed by atoms with Crippen LogP contribution in [0.5, 0.6) is 11.5 Å². The van der Waals surface area contributed by atoms with Gasteiger partial charge in [-0.3, -0.25) is 5.32 Å². The number of ether oxygens (including phenoxy) is 2. The maximum atomic E-state index is 5.58. The van der Waals surface area contributed by atoms with Crippen molar-refractivity contribution in [2.75, 3.05) is 13.2 Å². The first-order valence-corrected chi connectivity index (χ1v) is 6.81. The van der Waals surface area contributed by atoms with E-state index in [9.17, 15) is 0 Å². The molecule has 0 spiro atoms. The third-order valence-electron chi connectivity index (χ3n) is 2.82. The van der Waals surface area contributed by atoms with E-state index >= 15 is 0 Å². The average Bonchev–Trinajstić information content (AvgIpc) is 2.40. The van der Waals surface area contributed by atoms with Gasteiger partial charge in [0.1, 0.15) is 13.2 Å². The largest absolute Gasteiger partial charge is 0.486 e. The molecule has 0 saturated carbocycles. The first-order chi connectivity index (χ1) is 8.74. The standard InChI is InChI=1S/C14H16BrNO2/c1-3-11(4-2)16-9-10-7-12(15)14-13(8-10)17-5-6-18-14/h1,7-8,11,16H,4-6,9H2,2H3. The lowest BCUT2D eigenvalue weighted by Crippen LogP contribution is -2.26. The molecule has 1 aliphatic heterocycles. The Kier molecular flexibility index (Phi) is 4.51. The number of hydrogen-bond donors (Lipinski definition) is 1. The maximum Gasteiger partial charge on any atom is 0.175 e. The molecule has 0 saturated heterocycles. The minimum Gasteiger partial charge on any atom is -0.486 e. The van der Waals surface area contributed by atoms with E-state index in [0.29, 0.717) is 13.2 Å². The Hall–Kier alpha value is -1.18. The van der Waals surface area contributed by atoms with E-state index in [1.165, 1.54) is 0 Å². The zero-order valence-corrected chi connectivity index (χ0v) is 11.9. The second-order valence-corrected chi connectivity index (χ2v) is 4.96. The van der Waals surface area contributed by atoms with Gasteiger partial charge in [-0.05, 0) is 40.0 Å². The Morgan fingerprint density at radius 1 is 1.44 bits per heavy atom. The predicted molar refractivity (Wildman–Crippen MR) is 74.9 cm³/mol. The summed E-state index contributed by atoms with van der Waals surface area (Å²) in [6.45, 7) is 3.98. The molecule has 2 rings (SSSR count). The Balaban J connectivity index is 2.10. The molecule has 0 fully saturated rings. The molecule has 1 N–H and O–H groups in total. The van der Waals surface area contributed by atoms with Crippen LogP contribution < -0.4 is 14.8 Å². The monoisotopic (exact) mass is 309 g/mol. The Morgan fingerprint density at radius 2 is 2.22 bits per heavy atom. The molecule has 1 aromatic carbocycles. The van der Waals surface area contributed by atoms with Crippen LogP contribution in [0.25, 0.3) is 0 Å². The first kappa shape index (κ1) is 13.3. The van der Waals surface area contributed by atoms with Crippen molar-refractivity contribution < 1.29 is 9.47 Å². The SMILES string of the molecule is C#CC(CC)NCc1cc(Br)c2c(c1)OCCO2. The van der Waals surface area contributed by atoms with E-state index in [1.807, 2.05) is 12.1 Å². The predicted octanol–water partition coefficient (Wildman–Crippen LogP) is 2.72. The Morgan fingerprint density at radius 3 is 2.94 bits per heavy atom. The third kappa shape index (κ3) is 2.98. The summed E-state index contributed by atoms with van der Waals surface area (Å²) < 4.78 is 12.1. The van der Waals surface area contributed by atoms with Crippen LogP contribution in [0.15, 0.2) is 16.6 Å². The number of benzene rings is 1. The molecule has 0 amide bonds. The molecule has 1 aromatic rings. The summed E-state index contributed by atoms with van der Waals surface area (Å²) in [7, 11) is 0. The third-order valence-corrected chi connectivity index (χ3v) is 3.41. The summed E-state index contributed by atoms with van der Waals surface area (Å²) in [5.74, 6) is 4.30. The van der Waals surface area contributed by atoms with Crippen molar-refractivity contribution in [2.24, 2.45) is 0 Å². The van der Waals surface area contributed by atoms with Crippen molar-refractivity contribution in [3.63, 3.8) is 0 Å². The summed E-state index contributed by atoms with van der Waals surface area (Å²) in [5.41, 5.74) is 1.12. The summed E-state index contributed by atoms with van der Waals surface area (Å²) in [6.07, 6.45) is 6.34. The van der Waals surface area contributed by atoms with E-state index < -0.39 is 0 Å². The summed E-state index contributed by atoms with van der Waals surface area (Å²) in [5, 5.41) is 3.32. The van der Waals surface area contributed by atoms with Crippen LogP contribution in [0.4, 0.5) is 0 Å². The van der Waals surface area contributed by atoms with Gasteiger partial charge < -0.3 is 9.47 Å². The highest BCUT2D eigenvalue weighted by molar-refractivity contribution is 9.10. The second kappa shape index (κ2) is 6.12. The number of hydrogen-bond acceptors (Lipinski definition) is 3. The second-order valence-electron chi connectivity index (χ2n) is 4.11. The molecular weight excluding hydrogens is 294 g/mol. The van der Waals surface area contributed by atoms with Gasteiger partial charge in [0.15, 0.2) is 11.5 Å². The van der Waals surface area contributed by atoms with Gasteiger partial charge in [0.25, 0.3) is 0 Å². The van der Waals surface area contributed by atoms with Crippen molar-refractivity contribution in [2.45, 2.75) is 25.9 Å². The van der Waals surface area contributed by atoms with Crippen molar-refractivity contribution >= 4 is 15.9 Å². The fourth-order valence-corrected chi connectivity index (χ4v) is 2.43. The van der Waals surface area contributed by atoms with Gasteiger partial charge in [-0.2, -0.15) is 0 Å². The molecule has 4 heteroatoms. The van der Waals surface area contributed by atoms with Crippen LogP contribution in [0.1, 0.15) is 18.9 Å². The zero-order chi connectivity index (χ0) is 13.0. The number of fused-ring (bicyclic) bond motifs is 1. The van der Waals surface area contributed by atoms with Crippen LogP contribution in [0.3, 0.4) is 0 Å². The molecule has 1 aliphatic rings. The summed E-state index contributed by atoms with van der Waals surface area (Å²) in [6, 6.07) is 4.14. The van der Waals surface area contributed by atoms with Gasteiger partial charge in [-0.15, -0.1) is 6.42 Å². The van der Waals surface area contributed by atoms with Crippen LogP contribution in [0.2, 0.25) is 0 Å². The van der Waals surface area contributed by atoms with E-state index in [4.69, 9.17) is 15.9 Å². The molecule has 1 unspecified atom stereocenters. The highest BCUT2D eigenvalue weighted by Gasteiger charge is 2.16. The maximum absolute atomic E-state index is 5.58. The van der Waals surface area contributed by atoms with Gasteiger partial charge in [0.2, 0.25) is 0 Å². The Bertz CT molecular complexity index is 468. The lowest BCUT2D eigenvalue weighted by Gasteiger charge is -2.21.